The summed E-state index contributed by atoms with van der Waals surface area (Å²) < 4.78 is 1.94. The van der Waals surface area contributed by atoms with Crippen LogP contribution in [0.15, 0.2) is 41.7 Å². The number of aryl methyl sites for hydroxylation is 1. The standard InChI is InChI=1S/C21H32N6.HI/c1-18-14-25-27(16-18)13-10-23-21(22-2)24-15-19-6-8-20(9-7-19)17-26-11-4-3-5-12-26;/h6-9,14,16H,3-5,10-13,15,17H2,1-2H3,(H2,22,23,24);1H. The highest BCUT2D eigenvalue weighted by Gasteiger charge is 2.10. The first-order valence-corrected chi connectivity index (χ1v) is 9.97. The quantitative estimate of drug-likeness (QED) is 0.352. The first-order valence-electron chi connectivity index (χ1n) is 9.97. The zero-order valence-corrected chi connectivity index (χ0v) is 19.4. The molecule has 0 aliphatic carbocycles. The summed E-state index contributed by atoms with van der Waals surface area (Å²) in [5, 5.41) is 11.0. The van der Waals surface area contributed by atoms with Crippen molar-refractivity contribution in [2.45, 2.75) is 45.8 Å². The van der Waals surface area contributed by atoms with E-state index in [4.69, 9.17) is 0 Å². The van der Waals surface area contributed by atoms with Gasteiger partial charge in [-0.05, 0) is 49.5 Å². The molecule has 0 radical (unpaired) electrons. The van der Waals surface area contributed by atoms with Crippen LogP contribution in [-0.2, 0) is 19.6 Å². The lowest BCUT2D eigenvalue weighted by Crippen LogP contribution is -2.38. The minimum absolute atomic E-state index is 0. The molecule has 0 bridgehead atoms. The molecule has 154 valence electrons. The Labute approximate surface area is 185 Å². The monoisotopic (exact) mass is 496 g/mol. The van der Waals surface area contributed by atoms with Gasteiger partial charge in [0.2, 0.25) is 0 Å². The van der Waals surface area contributed by atoms with Crippen LogP contribution in [-0.4, -0.2) is 47.3 Å². The number of guanidine groups is 1. The average Bonchev–Trinajstić information content (AvgIpc) is 3.11. The molecule has 0 amide bonds. The van der Waals surface area contributed by atoms with Crippen LogP contribution in [0.25, 0.3) is 0 Å². The van der Waals surface area contributed by atoms with Gasteiger partial charge in [-0.25, -0.2) is 0 Å². The molecule has 6 nitrogen and oxygen atoms in total. The first-order chi connectivity index (χ1) is 13.2. The molecule has 2 aromatic rings. The Bertz CT molecular complexity index is 719. The SMILES string of the molecule is CN=C(NCCn1cc(C)cn1)NCc1ccc(CN2CCCCC2)cc1.I. The number of benzene rings is 1. The lowest BCUT2D eigenvalue weighted by atomic mass is 10.1. The lowest BCUT2D eigenvalue weighted by Gasteiger charge is -2.26. The third kappa shape index (κ3) is 7.43. The van der Waals surface area contributed by atoms with Gasteiger partial charge in [-0.15, -0.1) is 24.0 Å². The van der Waals surface area contributed by atoms with Gasteiger partial charge in [0.25, 0.3) is 0 Å². The van der Waals surface area contributed by atoms with E-state index in [-0.39, 0.29) is 24.0 Å². The number of nitrogens with one attached hydrogen (secondary N) is 2. The van der Waals surface area contributed by atoms with Gasteiger partial charge in [-0.3, -0.25) is 14.6 Å². The fourth-order valence-electron chi connectivity index (χ4n) is 3.42. The number of nitrogens with zero attached hydrogens (tertiary/aromatic N) is 4. The predicted molar refractivity (Wildman–Crippen MR) is 126 cm³/mol. The lowest BCUT2D eigenvalue weighted by molar-refractivity contribution is 0.221. The fourth-order valence-corrected chi connectivity index (χ4v) is 3.42. The van der Waals surface area contributed by atoms with Crippen LogP contribution in [0.1, 0.15) is 36.0 Å². The molecule has 1 aliphatic rings. The van der Waals surface area contributed by atoms with Crippen molar-refractivity contribution >= 4 is 29.9 Å². The molecule has 0 saturated carbocycles. The molecule has 28 heavy (non-hydrogen) atoms. The third-order valence-corrected chi connectivity index (χ3v) is 4.96. The number of rotatable bonds is 7. The van der Waals surface area contributed by atoms with Gasteiger partial charge in [0.1, 0.15) is 0 Å². The first kappa shape index (κ1) is 22.7. The minimum atomic E-state index is 0. The summed E-state index contributed by atoms with van der Waals surface area (Å²) in [7, 11) is 1.80. The molecule has 2 heterocycles. The van der Waals surface area contributed by atoms with Crippen molar-refractivity contribution in [3.8, 4) is 0 Å². The smallest absolute Gasteiger partial charge is 0.191 e. The van der Waals surface area contributed by atoms with E-state index >= 15 is 0 Å². The van der Waals surface area contributed by atoms with Gasteiger partial charge >= 0.3 is 0 Å². The Morgan fingerprint density at radius 2 is 1.79 bits per heavy atom. The minimum Gasteiger partial charge on any atom is -0.355 e. The van der Waals surface area contributed by atoms with Crippen LogP contribution >= 0.6 is 24.0 Å². The highest BCUT2D eigenvalue weighted by molar-refractivity contribution is 14.0. The van der Waals surface area contributed by atoms with E-state index in [1.807, 2.05) is 17.1 Å². The van der Waals surface area contributed by atoms with Crippen molar-refractivity contribution in [2.24, 2.45) is 4.99 Å². The molecule has 1 fully saturated rings. The number of piperidine rings is 1. The molecule has 2 N–H and O–H groups in total. The van der Waals surface area contributed by atoms with Crippen molar-refractivity contribution in [3.05, 3.63) is 53.3 Å². The highest BCUT2D eigenvalue weighted by atomic mass is 127. The fraction of sp³-hybridized carbons (Fsp3) is 0.524. The number of halogens is 1. The van der Waals surface area contributed by atoms with Crippen molar-refractivity contribution in [1.29, 1.82) is 0 Å². The van der Waals surface area contributed by atoms with Crippen LogP contribution in [0.3, 0.4) is 0 Å². The molecule has 3 rings (SSSR count). The topological polar surface area (TPSA) is 57.5 Å². The Morgan fingerprint density at radius 3 is 2.43 bits per heavy atom. The van der Waals surface area contributed by atoms with Crippen molar-refractivity contribution in [2.75, 3.05) is 26.7 Å². The number of aromatic nitrogens is 2. The van der Waals surface area contributed by atoms with Gasteiger partial charge in [0, 0.05) is 32.9 Å². The van der Waals surface area contributed by atoms with Crippen LogP contribution in [0.4, 0.5) is 0 Å². The Kier molecular flexibility index (Phi) is 9.77. The summed E-state index contributed by atoms with van der Waals surface area (Å²) in [5.41, 5.74) is 3.85. The van der Waals surface area contributed by atoms with E-state index in [1.165, 1.54) is 49.0 Å². The van der Waals surface area contributed by atoms with Gasteiger partial charge < -0.3 is 10.6 Å². The van der Waals surface area contributed by atoms with Crippen LogP contribution in [0.2, 0.25) is 0 Å². The van der Waals surface area contributed by atoms with Gasteiger partial charge in [0.05, 0.1) is 12.7 Å². The van der Waals surface area contributed by atoms with Crippen molar-refractivity contribution in [3.63, 3.8) is 0 Å². The summed E-state index contributed by atoms with van der Waals surface area (Å²) in [6, 6.07) is 8.93. The maximum Gasteiger partial charge on any atom is 0.191 e. The second-order valence-electron chi connectivity index (χ2n) is 7.29. The maximum atomic E-state index is 4.29. The third-order valence-electron chi connectivity index (χ3n) is 4.96. The van der Waals surface area contributed by atoms with Crippen molar-refractivity contribution in [1.82, 2.24) is 25.3 Å². The molecule has 0 spiro atoms. The van der Waals surface area contributed by atoms with Crippen molar-refractivity contribution < 1.29 is 0 Å². The van der Waals surface area contributed by atoms with Crippen LogP contribution < -0.4 is 10.6 Å². The van der Waals surface area contributed by atoms with E-state index in [1.54, 1.807) is 7.05 Å². The summed E-state index contributed by atoms with van der Waals surface area (Å²) in [6.45, 7) is 7.98. The number of hydrogen-bond acceptors (Lipinski definition) is 3. The van der Waals surface area contributed by atoms with Gasteiger partial charge in [0.15, 0.2) is 5.96 Å². The summed E-state index contributed by atoms with van der Waals surface area (Å²) in [6.07, 6.45) is 7.99. The van der Waals surface area contributed by atoms with E-state index in [2.05, 4.69) is 56.8 Å². The molecule has 1 aromatic carbocycles. The Balaban J connectivity index is 0.00000280. The molecule has 1 aliphatic heterocycles. The van der Waals surface area contributed by atoms with E-state index < -0.39 is 0 Å². The summed E-state index contributed by atoms with van der Waals surface area (Å²) in [4.78, 5) is 6.85. The number of hydrogen-bond donors (Lipinski definition) is 2. The van der Waals surface area contributed by atoms with E-state index in [9.17, 15) is 0 Å². The second kappa shape index (κ2) is 12.1. The van der Waals surface area contributed by atoms with Gasteiger partial charge in [-0.1, -0.05) is 30.7 Å². The van der Waals surface area contributed by atoms with Gasteiger partial charge in [-0.2, -0.15) is 5.10 Å². The zero-order chi connectivity index (χ0) is 18.9. The van der Waals surface area contributed by atoms with E-state index in [0.29, 0.717) is 0 Å². The number of likely N-dealkylation sites (tertiary alicyclic amines) is 1. The summed E-state index contributed by atoms with van der Waals surface area (Å²) in [5.74, 6) is 0.816. The highest BCUT2D eigenvalue weighted by Crippen LogP contribution is 2.13. The molecular formula is C21H33IN6. The number of aliphatic imine (C=N–C) groups is 1. The molecule has 0 unspecified atom stereocenters. The maximum absolute atomic E-state index is 4.29. The Morgan fingerprint density at radius 1 is 1.07 bits per heavy atom. The largest absolute Gasteiger partial charge is 0.355 e. The normalized spacial score (nSPS) is 15.1. The summed E-state index contributed by atoms with van der Waals surface area (Å²) >= 11 is 0. The zero-order valence-electron chi connectivity index (χ0n) is 17.0. The molecular weight excluding hydrogens is 463 g/mol. The molecule has 7 heteroatoms. The molecule has 1 aromatic heterocycles. The average molecular weight is 496 g/mol. The molecule has 0 atom stereocenters. The van der Waals surface area contributed by atoms with Crippen LogP contribution in [0, 0.1) is 6.92 Å². The second-order valence-corrected chi connectivity index (χ2v) is 7.29. The van der Waals surface area contributed by atoms with Crippen LogP contribution in [0.5, 0.6) is 0 Å². The predicted octanol–water partition coefficient (Wildman–Crippen LogP) is 3.16. The Hall–Kier alpha value is -1.61. The molecule has 1 saturated heterocycles. The van der Waals surface area contributed by atoms with E-state index in [0.717, 1.165) is 32.1 Å².